The zero-order valence-corrected chi connectivity index (χ0v) is 11.9. The van der Waals surface area contributed by atoms with Gasteiger partial charge in [0.05, 0.1) is 6.10 Å². The van der Waals surface area contributed by atoms with E-state index in [-0.39, 0.29) is 12.0 Å². The maximum atomic E-state index is 10.4. The molecule has 1 aromatic carbocycles. The van der Waals surface area contributed by atoms with Gasteiger partial charge < -0.3 is 9.84 Å². The highest BCUT2D eigenvalue weighted by atomic mass is 35.5. The Morgan fingerprint density at radius 3 is 2.94 bits per heavy atom. The van der Waals surface area contributed by atoms with Gasteiger partial charge in [0.1, 0.15) is 0 Å². The summed E-state index contributed by atoms with van der Waals surface area (Å²) >= 11 is 12.1. The minimum atomic E-state index is -0.389. The molecule has 0 bridgehead atoms. The smallest absolute Gasteiger partial charge is 0.0613 e. The predicted octanol–water partition coefficient (Wildman–Crippen LogP) is 3.57. The monoisotopic (exact) mass is 288 g/mol. The molecule has 0 saturated carbocycles. The van der Waals surface area contributed by atoms with E-state index in [1.54, 1.807) is 12.1 Å². The first-order chi connectivity index (χ1) is 8.58. The lowest BCUT2D eigenvalue weighted by atomic mass is 9.83. The minimum absolute atomic E-state index is 0.272. The van der Waals surface area contributed by atoms with E-state index in [9.17, 15) is 5.11 Å². The lowest BCUT2D eigenvalue weighted by Crippen LogP contribution is -2.35. The summed E-state index contributed by atoms with van der Waals surface area (Å²) in [6, 6.07) is 5.37. The molecule has 18 heavy (non-hydrogen) atoms. The number of aliphatic hydroxyl groups is 1. The lowest BCUT2D eigenvalue weighted by Gasteiger charge is -2.32. The molecule has 1 fully saturated rings. The molecule has 1 N–H and O–H groups in total. The van der Waals surface area contributed by atoms with Gasteiger partial charge >= 0.3 is 0 Å². The van der Waals surface area contributed by atoms with Crippen molar-refractivity contribution in [1.29, 1.82) is 0 Å². The van der Waals surface area contributed by atoms with Crippen LogP contribution in [0.15, 0.2) is 18.2 Å². The molecule has 3 unspecified atom stereocenters. The number of hydrogen-bond donors (Lipinski definition) is 1. The number of halogens is 2. The Hall–Kier alpha value is -0.280. The zero-order chi connectivity index (χ0) is 13.1. The van der Waals surface area contributed by atoms with Crippen molar-refractivity contribution in [3.8, 4) is 0 Å². The summed E-state index contributed by atoms with van der Waals surface area (Å²) in [5.41, 5.74) is 0.912. The fourth-order valence-corrected chi connectivity index (χ4v) is 2.93. The summed E-state index contributed by atoms with van der Waals surface area (Å²) in [5.74, 6) is 0.653. The second-order valence-electron chi connectivity index (χ2n) is 5.01. The van der Waals surface area contributed by atoms with Crippen LogP contribution in [0.2, 0.25) is 10.0 Å². The largest absolute Gasteiger partial charge is 0.392 e. The van der Waals surface area contributed by atoms with Crippen LogP contribution in [0.1, 0.15) is 18.9 Å². The van der Waals surface area contributed by atoms with E-state index in [1.165, 1.54) is 0 Å². The molecule has 1 aliphatic rings. The van der Waals surface area contributed by atoms with Gasteiger partial charge in [0.25, 0.3) is 0 Å². The minimum Gasteiger partial charge on any atom is -0.392 e. The summed E-state index contributed by atoms with van der Waals surface area (Å²) in [7, 11) is 0. The van der Waals surface area contributed by atoms with Crippen LogP contribution in [0.3, 0.4) is 0 Å². The Labute approximate surface area is 118 Å². The molecular weight excluding hydrogens is 271 g/mol. The lowest BCUT2D eigenvalue weighted by molar-refractivity contribution is -0.0294. The Morgan fingerprint density at radius 1 is 1.44 bits per heavy atom. The van der Waals surface area contributed by atoms with Gasteiger partial charge in [-0.15, -0.1) is 0 Å². The number of hydrogen-bond acceptors (Lipinski definition) is 2. The van der Waals surface area contributed by atoms with Gasteiger partial charge in [0.15, 0.2) is 0 Å². The highest BCUT2D eigenvalue weighted by Crippen LogP contribution is 2.29. The fourth-order valence-electron chi connectivity index (χ4n) is 2.54. The van der Waals surface area contributed by atoms with Gasteiger partial charge in [0, 0.05) is 29.7 Å². The first-order valence-electron chi connectivity index (χ1n) is 6.27. The standard InChI is InChI=1S/C14H18Cl2O2/c1-9-8-18-5-4-12(9)14(17)7-10-6-11(15)2-3-13(10)16/h2-3,6,9,12,14,17H,4-5,7-8H2,1H3. The fraction of sp³-hybridized carbons (Fsp3) is 0.571. The molecule has 2 nitrogen and oxygen atoms in total. The van der Waals surface area contributed by atoms with E-state index < -0.39 is 0 Å². The van der Waals surface area contributed by atoms with Crippen LogP contribution in [-0.2, 0) is 11.2 Å². The Balaban J connectivity index is 2.05. The van der Waals surface area contributed by atoms with Crippen LogP contribution >= 0.6 is 23.2 Å². The number of ether oxygens (including phenoxy) is 1. The van der Waals surface area contributed by atoms with E-state index in [4.69, 9.17) is 27.9 Å². The third kappa shape index (κ3) is 3.39. The molecule has 0 spiro atoms. The molecule has 1 heterocycles. The van der Waals surface area contributed by atoms with E-state index in [0.29, 0.717) is 22.4 Å². The SMILES string of the molecule is CC1COCCC1C(O)Cc1cc(Cl)ccc1Cl. The Morgan fingerprint density at radius 2 is 2.22 bits per heavy atom. The molecule has 1 saturated heterocycles. The predicted molar refractivity (Wildman–Crippen MR) is 74.3 cm³/mol. The average Bonchev–Trinajstić information content (AvgIpc) is 2.34. The van der Waals surface area contributed by atoms with Crippen molar-refractivity contribution in [2.75, 3.05) is 13.2 Å². The highest BCUT2D eigenvalue weighted by Gasteiger charge is 2.28. The van der Waals surface area contributed by atoms with E-state index in [2.05, 4.69) is 6.92 Å². The maximum Gasteiger partial charge on any atom is 0.0613 e. The third-order valence-electron chi connectivity index (χ3n) is 3.64. The molecule has 1 aliphatic heterocycles. The highest BCUT2D eigenvalue weighted by molar-refractivity contribution is 6.33. The normalized spacial score (nSPS) is 26.0. The van der Waals surface area contributed by atoms with Crippen molar-refractivity contribution in [2.24, 2.45) is 11.8 Å². The van der Waals surface area contributed by atoms with E-state index in [0.717, 1.165) is 25.2 Å². The number of aliphatic hydroxyl groups excluding tert-OH is 1. The molecule has 100 valence electrons. The van der Waals surface area contributed by atoms with Crippen molar-refractivity contribution in [3.63, 3.8) is 0 Å². The van der Waals surface area contributed by atoms with Crippen molar-refractivity contribution >= 4 is 23.2 Å². The van der Waals surface area contributed by atoms with Gasteiger partial charge in [-0.25, -0.2) is 0 Å². The first kappa shape index (κ1) is 14.1. The summed E-state index contributed by atoms with van der Waals surface area (Å²) in [5, 5.41) is 11.7. The number of benzene rings is 1. The molecule has 0 aliphatic carbocycles. The zero-order valence-electron chi connectivity index (χ0n) is 10.4. The topological polar surface area (TPSA) is 29.5 Å². The van der Waals surface area contributed by atoms with Crippen LogP contribution in [-0.4, -0.2) is 24.4 Å². The van der Waals surface area contributed by atoms with Crippen LogP contribution in [0.5, 0.6) is 0 Å². The second kappa shape index (κ2) is 6.25. The molecule has 0 amide bonds. The molecule has 1 aromatic rings. The van der Waals surface area contributed by atoms with Gasteiger partial charge in [-0.05, 0) is 42.0 Å². The molecule has 0 radical (unpaired) electrons. The molecular formula is C14H18Cl2O2. The summed E-state index contributed by atoms with van der Waals surface area (Å²) in [6.45, 7) is 3.58. The Kier molecular flexibility index (Phi) is 4.91. The van der Waals surface area contributed by atoms with Crippen molar-refractivity contribution in [1.82, 2.24) is 0 Å². The van der Waals surface area contributed by atoms with Crippen LogP contribution in [0, 0.1) is 11.8 Å². The summed E-state index contributed by atoms with van der Waals surface area (Å²) < 4.78 is 5.40. The molecule has 0 aromatic heterocycles. The Bertz CT molecular complexity index is 409. The van der Waals surface area contributed by atoms with E-state index in [1.807, 2.05) is 6.07 Å². The van der Waals surface area contributed by atoms with Crippen molar-refractivity contribution in [2.45, 2.75) is 25.9 Å². The van der Waals surface area contributed by atoms with Gasteiger partial charge in [-0.2, -0.15) is 0 Å². The van der Waals surface area contributed by atoms with Gasteiger partial charge in [0.2, 0.25) is 0 Å². The average molecular weight is 289 g/mol. The second-order valence-corrected chi connectivity index (χ2v) is 5.86. The van der Waals surface area contributed by atoms with Crippen molar-refractivity contribution < 1.29 is 9.84 Å². The molecule has 2 rings (SSSR count). The van der Waals surface area contributed by atoms with E-state index >= 15 is 0 Å². The quantitative estimate of drug-likeness (QED) is 0.921. The van der Waals surface area contributed by atoms with Crippen LogP contribution in [0.4, 0.5) is 0 Å². The molecule has 3 atom stereocenters. The maximum absolute atomic E-state index is 10.4. The van der Waals surface area contributed by atoms with Crippen molar-refractivity contribution in [3.05, 3.63) is 33.8 Å². The van der Waals surface area contributed by atoms with Crippen LogP contribution in [0.25, 0.3) is 0 Å². The number of rotatable bonds is 3. The molecule has 4 heteroatoms. The summed E-state index contributed by atoms with van der Waals surface area (Å²) in [4.78, 5) is 0. The summed E-state index contributed by atoms with van der Waals surface area (Å²) in [6.07, 6.45) is 1.06. The van der Waals surface area contributed by atoms with Crippen LogP contribution < -0.4 is 0 Å². The third-order valence-corrected chi connectivity index (χ3v) is 4.24. The van der Waals surface area contributed by atoms with Gasteiger partial charge in [-0.1, -0.05) is 30.1 Å². The first-order valence-corrected chi connectivity index (χ1v) is 7.03. The van der Waals surface area contributed by atoms with Gasteiger partial charge in [-0.3, -0.25) is 0 Å².